The molecule has 0 bridgehead atoms. The molecule has 0 saturated heterocycles. The van der Waals surface area contributed by atoms with E-state index in [1.165, 1.54) is 18.2 Å². The third-order valence-electron chi connectivity index (χ3n) is 2.55. The van der Waals surface area contributed by atoms with Crippen LogP contribution in [-0.2, 0) is 9.53 Å². The third kappa shape index (κ3) is 5.51. The van der Waals surface area contributed by atoms with Crippen molar-refractivity contribution >= 4 is 27.7 Å². The highest BCUT2D eigenvalue weighted by Gasteiger charge is 2.14. The van der Waals surface area contributed by atoms with Crippen LogP contribution >= 0.6 is 15.9 Å². The van der Waals surface area contributed by atoms with Crippen LogP contribution in [0.3, 0.4) is 0 Å². The molecule has 1 aromatic carbocycles. The summed E-state index contributed by atoms with van der Waals surface area (Å²) in [6, 6.07) is 4.15. The van der Waals surface area contributed by atoms with Crippen molar-refractivity contribution in [3.8, 4) is 0 Å². The van der Waals surface area contributed by atoms with E-state index in [0.29, 0.717) is 11.1 Å². The van der Waals surface area contributed by atoms with E-state index in [1.807, 2.05) is 6.92 Å². The predicted molar refractivity (Wildman–Crippen MR) is 73.5 cm³/mol. The SMILES string of the molecule is CCCCOC(=O)CCC(=O)c1cc(Br)ccc1F. The average molecular weight is 331 g/mol. The van der Waals surface area contributed by atoms with Crippen molar-refractivity contribution in [1.82, 2.24) is 0 Å². The van der Waals surface area contributed by atoms with E-state index in [9.17, 15) is 14.0 Å². The van der Waals surface area contributed by atoms with E-state index >= 15 is 0 Å². The van der Waals surface area contributed by atoms with Crippen molar-refractivity contribution in [3.05, 3.63) is 34.1 Å². The molecule has 1 aromatic rings. The smallest absolute Gasteiger partial charge is 0.306 e. The first kappa shape index (κ1) is 15.8. The van der Waals surface area contributed by atoms with Crippen LogP contribution in [0.15, 0.2) is 22.7 Å². The predicted octanol–water partition coefficient (Wildman–Crippen LogP) is 3.89. The quantitative estimate of drug-likeness (QED) is 0.432. The van der Waals surface area contributed by atoms with Gasteiger partial charge in [0, 0.05) is 10.9 Å². The van der Waals surface area contributed by atoms with Crippen LogP contribution in [0.25, 0.3) is 0 Å². The molecule has 0 aliphatic carbocycles. The first-order valence-corrected chi connectivity index (χ1v) is 6.97. The Morgan fingerprint density at radius 1 is 1.32 bits per heavy atom. The maximum absolute atomic E-state index is 13.4. The van der Waals surface area contributed by atoms with Gasteiger partial charge in [-0.25, -0.2) is 4.39 Å². The van der Waals surface area contributed by atoms with Crippen LogP contribution in [0, 0.1) is 5.82 Å². The monoisotopic (exact) mass is 330 g/mol. The molecule has 0 spiro atoms. The van der Waals surface area contributed by atoms with Gasteiger partial charge in [0.05, 0.1) is 18.6 Å². The number of ketones is 1. The second-order valence-electron chi connectivity index (χ2n) is 4.12. The first-order valence-electron chi connectivity index (χ1n) is 6.18. The minimum atomic E-state index is -0.576. The van der Waals surface area contributed by atoms with E-state index in [1.54, 1.807) is 0 Å². The number of carbonyl (C=O) groups excluding carboxylic acids is 2. The lowest BCUT2D eigenvalue weighted by Crippen LogP contribution is -2.10. The number of rotatable bonds is 7. The van der Waals surface area contributed by atoms with Gasteiger partial charge in [0.2, 0.25) is 0 Å². The number of halogens is 2. The minimum absolute atomic E-state index is 0.00395. The fourth-order valence-corrected chi connectivity index (χ4v) is 1.83. The number of hydrogen-bond donors (Lipinski definition) is 0. The molecule has 1 rings (SSSR count). The lowest BCUT2D eigenvalue weighted by Gasteiger charge is -2.05. The fraction of sp³-hybridized carbons (Fsp3) is 0.429. The molecule has 0 aliphatic rings. The maximum atomic E-state index is 13.4. The molecule has 0 aliphatic heterocycles. The summed E-state index contributed by atoms with van der Waals surface area (Å²) in [6.45, 7) is 2.36. The second-order valence-corrected chi connectivity index (χ2v) is 5.04. The molecule has 0 saturated carbocycles. The van der Waals surface area contributed by atoms with Gasteiger partial charge in [0.1, 0.15) is 5.82 Å². The summed E-state index contributed by atoms with van der Waals surface area (Å²) in [5, 5.41) is 0. The number of esters is 1. The van der Waals surface area contributed by atoms with Crippen molar-refractivity contribution < 1.29 is 18.7 Å². The number of benzene rings is 1. The van der Waals surface area contributed by atoms with Crippen LogP contribution in [0.5, 0.6) is 0 Å². The molecule has 0 heterocycles. The van der Waals surface area contributed by atoms with Gasteiger partial charge in [0.15, 0.2) is 5.78 Å². The van der Waals surface area contributed by atoms with Gasteiger partial charge < -0.3 is 4.74 Å². The van der Waals surface area contributed by atoms with E-state index in [4.69, 9.17) is 4.74 Å². The summed E-state index contributed by atoms with van der Waals surface area (Å²) in [5.74, 6) is -1.39. The van der Waals surface area contributed by atoms with E-state index in [0.717, 1.165) is 12.8 Å². The molecule has 0 N–H and O–H groups in total. The molecule has 19 heavy (non-hydrogen) atoms. The van der Waals surface area contributed by atoms with E-state index in [-0.39, 0.29) is 18.4 Å². The highest BCUT2D eigenvalue weighted by Crippen LogP contribution is 2.17. The van der Waals surface area contributed by atoms with Crippen molar-refractivity contribution in [2.45, 2.75) is 32.6 Å². The van der Waals surface area contributed by atoms with Crippen molar-refractivity contribution in [3.63, 3.8) is 0 Å². The van der Waals surface area contributed by atoms with Gasteiger partial charge in [-0.3, -0.25) is 9.59 Å². The van der Waals surface area contributed by atoms with Gasteiger partial charge >= 0.3 is 5.97 Å². The average Bonchev–Trinajstić information content (AvgIpc) is 2.39. The van der Waals surface area contributed by atoms with Gasteiger partial charge in [-0.1, -0.05) is 29.3 Å². The Balaban J connectivity index is 2.47. The summed E-state index contributed by atoms with van der Waals surface area (Å²) in [6.07, 6.45) is 1.68. The summed E-state index contributed by atoms with van der Waals surface area (Å²) in [4.78, 5) is 23.1. The maximum Gasteiger partial charge on any atom is 0.306 e. The number of hydrogen-bond acceptors (Lipinski definition) is 3. The number of Topliss-reactive ketones (excluding diaryl/α,β-unsaturated/α-hetero) is 1. The first-order chi connectivity index (χ1) is 9.04. The Hall–Kier alpha value is -1.23. The minimum Gasteiger partial charge on any atom is -0.466 e. The zero-order valence-electron chi connectivity index (χ0n) is 10.7. The highest BCUT2D eigenvalue weighted by molar-refractivity contribution is 9.10. The number of ether oxygens (including phenoxy) is 1. The summed E-state index contributed by atoms with van der Waals surface area (Å²) in [7, 11) is 0. The molecule has 104 valence electrons. The molecular weight excluding hydrogens is 315 g/mol. The van der Waals surface area contributed by atoms with Crippen LogP contribution in [-0.4, -0.2) is 18.4 Å². The van der Waals surface area contributed by atoms with Crippen molar-refractivity contribution in [2.75, 3.05) is 6.61 Å². The number of carbonyl (C=O) groups is 2. The largest absolute Gasteiger partial charge is 0.466 e. The lowest BCUT2D eigenvalue weighted by atomic mass is 10.1. The molecular formula is C14H16BrFO3. The van der Waals surface area contributed by atoms with Crippen LogP contribution in [0.1, 0.15) is 43.0 Å². The van der Waals surface area contributed by atoms with Gasteiger partial charge in [-0.2, -0.15) is 0 Å². The van der Waals surface area contributed by atoms with E-state index < -0.39 is 17.6 Å². The second kappa shape index (κ2) is 8.04. The lowest BCUT2D eigenvalue weighted by molar-refractivity contribution is -0.143. The van der Waals surface area contributed by atoms with Crippen molar-refractivity contribution in [1.29, 1.82) is 0 Å². The summed E-state index contributed by atoms with van der Waals surface area (Å²) >= 11 is 3.18. The molecule has 3 nitrogen and oxygen atoms in total. The summed E-state index contributed by atoms with van der Waals surface area (Å²) < 4.78 is 19.0. The Kier molecular flexibility index (Phi) is 6.70. The van der Waals surface area contributed by atoms with Gasteiger partial charge in [0.25, 0.3) is 0 Å². The zero-order chi connectivity index (χ0) is 14.3. The Morgan fingerprint density at radius 3 is 2.74 bits per heavy atom. The standard InChI is InChI=1S/C14H16BrFO3/c1-2-3-8-19-14(18)7-6-13(17)11-9-10(15)4-5-12(11)16/h4-5,9H,2-3,6-8H2,1H3. The Morgan fingerprint density at radius 2 is 2.05 bits per heavy atom. The van der Waals surface area contributed by atoms with Crippen LogP contribution in [0.2, 0.25) is 0 Å². The molecule has 5 heteroatoms. The summed E-state index contributed by atoms with van der Waals surface area (Å²) in [5.41, 5.74) is -0.00395. The molecule has 0 radical (unpaired) electrons. The van der Waals surface area contributed by atoms with Gasteiger partial charge in [-0.15, -0.1) is 0 Å². The van der Waals surface area contributed by atoms with Crippen LogP contribution < -0.4 is 0 Å². The Bertz CT molecular complexity index is 460. The molecule has 0 amide bonds. The third-order valence-corrected chi connectivity index (χ3v) is 3.04. The van der Waals surface area contributed by atoms with Gasteiger partial charge in [-0.05, 0) is 24.6 Å². The number of unbranched alkanes of at least 4 members (excludes halogenated alkanes) is 1. The molecule has 0 unspecified atom stereocenters. The van der Waals surface area contributed by atoms with Crippen molar-refractivity contribution in [2.24, 2.45) is 0 Å². The molecule has 0 atom stereocenters. The normalized spacial score (nSPS) is 10.3. The van der Waals surface area contributed by atoms with E-state index in [2.05, 4.69) is 15.9 Å². The topological polar surface area (TPSA) is 43.4 Å². The zero-order valence-corrected chi connectivity index (χ0v) is 12.3. The molecule has 0 aromatic heterocycles. The highest BCUT2D eigenvalue weighted by atomic mass is 79.9. The van der Waals surface area contributed by atoms with Crippen LogP contribution in [0.4, 0.5) is 4.39 Å². The molecule has 0 fully saturated rings. The Labute approximate surface area is 120 Å². The fourth-order valence-electron chi connectivity index (χ4n) is 1.46.